The van der Waals surface area contributed by atoms with Crippen LogP contribution in [0.5, 0.6) is 0 Å². The Bertz CT molecular complexity index is 328. The van der Waals surface area contributed by atoms with Gasteiger partial charge >= 0.3 is 0 Å². The zero-order valence-corrected chi connectivity index (χ0v) is 6.44. The number of rotatable bonds is 0. The molecule has 12 heavy (non-hydrogen) atoms. The minimum Gasteiger partial charge on any atom is -0.363 e. The van der Waals surface area contributed by atoms with Gasteiger partial charge in [0, 0.05) is 0 Å². The van der Waals surface area contributed by atoms with Crippen LogP contribution in [0.4, 0.5) is 0 Å². The van der Waals surface area contributed by atoms with E-state index in [0.29, 0.717) is 12.2 Å². The van der Waals surface area contributed by atoms with Gasteiger partial charge in [0.15, 0.2) is 0 Å². The minimum absolute atomic E-state index is 0.246. The number of hydrogen-bond donors (Lipinski definition) is 0. The lowest BCUT2D eigenvalue weighted by Crippen LogP contribution is -2.06. The predicted octanol–water partition coefficient (Wildman–Crippen LogP) is 1.58. The molecule has 0 N–H and O–H groups in total. The molecular weight excluding hydrogens is 152 g/mol. The zero-order chi connectivity index (χ0) is 7.71. The Kier molecular flexibility index (Phi) is 0.755. The summed E-state index contributed by atoms with van der Waals surface area (Å²) in [5.74, 6) is 0. The van der Waals surface area contributed by atoms with Gasteiger partial charge in [0.25, 0.3) is 0 Å². The summed E-state index contributed by atoms with van der Waals surface area (Å²) in [7, 11) is 0. The van der Waals surface area contributed by atoms with Crippen molar-refractivity contribution in [2.24, 2.45) is 0 Å². The summed E-state index contributed by atoms with van der Waals surface area (Å²) in [5, 5.41) is 0. The fourth-order valence-corrected chi connectivity index (χ4v) is 2.47. The van der Waals surface area contributed by atoms with Crippen LogP contribution in [0.3, 0.4) is 0 Å². The largest absolute Gasteiger partial charge is 0.363 e. The smallest absolute Gasteiger partial charge is 0.118 e. The number of ether oxygens (including phenoxy) is 2. The second-order valence-electron chi connectivity index (χ2n) is 3.67. The highest BCUT2D eigenvalue weighted by Gasteiger charge is 2.63. The van der Waals surface area contributed by atoms with Crippen molar-refractivity contribution in [1.29, 1.82) is 0 Å². The molecule has 1 aromatic carbocycles. The summed E-state index contributed by atoms with van der Waals surface area (Å²) in [4.78, 5) is 0. The number of epoxide rings is 1. The lowest BCUT2D eigenvalue weighted by atomic mass is 9.92. The van der Waals surface area contributed by atoms with Crippen LogP contribution in [0.1, 0.15) is 23.3 Å². The van der Waals surface area contributed by atoms with Crippen LogP contribution in [0, 0.1) is 0 Å². The summed E-state index contributed by atoms with van der Waals surface area (Å²) >= 11 is 0. The third-order valence-electron chi connectivity index (χ3n) is 3.06. The maximum absolute atomic E-state index is 5.78. The highest BCUT2D eigenvalue weighted by molar-refractivity contribution is 5.42. The van der Waals surface area contributed by atoms with Gasteiger partial charge in [-0.25, -0.2) is 0 Å². The van der Waals surface area contributed by atoms with Crippen LogP contribution in [-0.2, 0) is 9.47 Å². The van der Waals surface area contributed by atoms with Crippen molar-refractivity contribution >= 4 is 0 Å². The highest BCUT2D eigenvalue weighted by atomic mass is 16.7. The summed E-state index contributed by atoms with van der Waals surface area (Å²) in [5.41, 5.74) is 2.70. The molecule has 0 spiro atoms. The maximum Gasteiger partial charge on any atom is 0.118 e. The summed E-state index contributed by atoms with van der Waals surface area (Å²) in [6.45, 7) is 0. The molecule has 2 heteroatoms. The van der Waals surface area contributed by atoms with Gasteiger partial charge in [-0.3, -0.25) is 0 Å². The Balaban J connectivity index is 2.01. The van der Waals surface area contributed by atoms with Crippen LogP contribution in [0.15, 0.2) is 24.3 Å². The third kappa shape index (κ3) is 0.464. The van der Waals surface area contributed by atoms with E-state index < -0.39 is 0 Å². The number of hydrogen-bond acceptors (Lipinski definition) is 2. The molecular formula is C10H8O2. The van der Waals surface area contributed by atoms with E-state index in [1.807, 2.05) is 0 Å². The SMILES string of the molecule is c1ccc2c(c1)[C@H]1O[C@H]2[C@H]2O[C@@H]21. The van der Waals surface area contributed by atoms with E-state index in [1.54, 1.807) is 0 Å². The molecule has 4 atom stereocenters. The van der Waals surface area contributed by atoms with E-state index in [4.69, 9.17) is 9.47 Å². The van der Waals surface area contributed by atoms with E-state index in [-0.39, 0.29) is 12.2 Å². The third-order valence-corrected chi connectivity index (χ3v) is 3.06. The van der Waals surface area contributed by atoms with Gasteiger partial charge in [-0.2, -0.15) is 0 Å². The molecule has 0 unspecified atom stereocenters. The molecule has 60 valence electrons. The predicted molar refractivity (Wildman–Crippen MR) is 41.7 cm³/mol. The first-order chi connectivity index (χ1) is 5.95. The van der Waals surface area contributed by atoms with Crippen LogP contribution in [0.2, 0.25) is 0 Å². The molecule has 0 aromatic heterocycles. The van der Waals surface area contributed by atoms with E-state index in [9.17, 15) is 0 Å². The molecule has 0 saturated carbocycles. The fraction of sp³-hybridized carbons (Fsp3) is 0.400. The topological polar surface area (TPSA) is 21.8 Å². The lowest BCUT2D eigenvalue weighted by Gasteiger charge is -2.05. The standard InChI is InChI=1S/C10H8O2/c1-2-4-6-5(3-1)7-9-10(12-9)8(6)11-7/h1-4,7-10H/t7-,8-,9-,10-/m1/s1. The molecule has 2 fully saturated rings. The lowest BCUT2D eigenvalue weighted by molar-refractivity contribution is -0.00903. The van der Waals surface area contributed by atoms with Crippen molar-refractivity contribution in [3.8, 4) is 0 Å². The average molecular weight is 160 g/mol. The Hall–Kier alpha value is -0.860. The number of fused-ring (bicyclic) bond motifs is 8. The van der Waals surface area contributed by atoms with Crippen molar-refractivity contribution < 1.29 is 9.47 Å². The Morgan fingerprint density at radius 3 is 2.00 bits per heavy atom. The van der Waals surface area contributed by atoms with E-state index in [2.05, 4.69) is 24.3 Å². The van der Waals surface area contributed by atoms with Gasteiger partial charge in [0.2, 0.25) is 0 Å². The highest BCUT2D eigenvalue weighted by Crippen LogP contribution is 2.60. The molecule has 2 nitrogen and oxygen atoms in total. The molecule has 0 aliphatic carbocycles. The van der Waals surface area contributed by atoms with E-state index in [1.165, 1.54) is 11.1 Å². The first-order valence-corrected chi connectivity index (χ1v) is 4.35. The fourth-order valence-electron chi connectivity index (χ4n) is 2.47. The van der Waals surface area contributed by atoms with Crippen LogP contribution in [-0.4, -0.2) is 12.2 Å². The van der Waals surface area contributed by atoms with Crippen molar-refractivity contribution in [2.45, 2.75) is 24.4 Å². The van der Waals surface area contributed by atoms with Crippen molar-refractivity contribution in [3.63, 3.8) is 0 Å². The number of benzene rings is 1. The second kappa shape index (κ2) is 1.58. The van der Waals surface area contributed by atoms with Crippen LogP contribution >= 0.6 is 0 Å². The first-order valence-electron chi connectivity index (χ1n) is 4.35. The van der Waals surface area contributed by atoms with Gasteiger partial charge in [-0.15, -0.1) is 0 Å². The normalized spacial score (nSPS) is 45.7. The molecule has 3 aliphatic rings. The quantitative estimate of drug-likeness (QED) is 0.537. The molecule has 1 aromatic rings. The second-order valence-corrected chi connectivity index (χ2v) is 3.67. The minimum atomic E-state index is 0.246. The molecule has 0 radical (unpaired) electrons. The molecule has 4 rings (SSSR count). The van der Waals surface area contributed by atoms with Crippen LogP contribution in [0.25, 0.3) is 0 Å². The monoisotopic (exact) mass is 160 g/mol. The summed E-state index contributed by atoms with van der Waals surface area (Å²) in [6.07, 6.45) is 1.25. The van der Waals surface area contributed by atoms with Crippen molar-refractivity contribution in [1.82, 2.24) is 0 Å². The molecule has 2 bridgehead atoms. The summed E-state index contributed by atoms with van der Waals surface area (Å²) < 4.78 is 11.3. The molecule has 2 saturated heterocycles. The zero-order valence-electron chi connectivity index (χ0n) is 6.44. The Labute approximate surface area is 70.1 Å². The molecule has 0 amide bonds. The average Bonchev–Trinajstić information content (AvgIpc) is 2.74. The Morgan fingerprint density at radius 1 is 0.833 bits per heavy atom. The van der Waals surface area contributed by atoms with Gasteiger partial charge < -0.3 is 9.47 Å². The molecule has 3 aliphatic heterocycles. The van der Waals surface area contributed by atoms with E-state index >= 15 is 0 Å². The Morgan fingerprint density at radius 2 is 1.42 bits per heavy atom. The maximum atomic E-state index is 5.78. The van der Waals surface area contributed by atoms with Gasteiger partial charge in [-0.1, -0.05) is 24.3 Å². The van der Waals surface area contributed by atoms with Crippen molar-refractivity contribution in [2.75, 3.05) is 0 Å². The van der Waals surface area contributed by atoms with Gasteiger partial charge in [-0.05, 0) is 11.1 Å². The summed E-state index contributed by atoms with van der Waals surface area (Å²) in [6, 6.07) is 8.44. The first kappa shape index (κ1) is 5.73. The van der Waals surface area contributed by atoms with Crippen LogP contribution < -0.4 is 0 Å². The van der Waals surface area contributed by atoms with E-state index in [0.717, 1.165) is 0 Å². The van der Waals surface area contributed by atoms with Crippen molar-refractivity contribution in [3.05, 3.63) is 35.4 Å². The van der Waals surface area contributed by atoms with Gasteiger partial charge in [0.05, 0.1) is 0 Å². The molecule has 3 heterocycles. The van der Waals surface area contributed by atoms with Gasteiger partial charge in [0.1, 0.15) is 24.4 Å².